The monoisotopic (exact) mass is 374 g/mol. The zero-order valence-corrected chi connectivity index (χ0v) is 15.9. The highest BCUT2D eigenvalue weighted by Gasteiger charge is 2.16. The van der Waals surface area contributed by atoms with Gasteiger partial charge in [0.15, 0.2) is 0 Å². The molecule has 0 saturated carbocycles. The number of hydrogen-bond acceptors (Lipinski definition) is 4. The summed E-state index contributed by atoms with van der Waals surface area (Å²) in [4.78, 5) is 10.9. The van der Waals surface area contributed by atoms with Crippen LogP contribution in [0.5, 0.6) is 17.2 Å². The molecule has 1 aromatic heterocycles. The fraction of sp³-hybridized carbons (Fsp3) is 0.0870. The average molecular weight is 374 g/mol. The molecule has 0 aliphatic carbocycles. The Morgan fingerprint density at radius 2 is 1.74 bits per heavy atom. The van der Waals surface area contributed by atoms with Crippen molar-refractivity contribution in [2.75, 3.05) is 7.11 Å². The van der Waals surface area contributed by atoms with Crippen LogP contribution >= 0.6 is 11.3 Å². The van der Waals surface area contributed by atoms with E-state index in [1.807, 2.05) is 30.3 Å². The van der Waals surface area contributed by atoms with E-state index in [0.717, 1.165) is 45.2 Å². The molecule has 0 unspecified atom stereocenters. The Labute approximate surface area is 161 Å². The molecular formula is C23H18O3S. The maximum absolute atomic E-state index is 10.9. The van der Waals surface area contributed by atoms with Gasteiger partial charge in [-0.05, 0) is 82.7 Å². The van der Waals surface area contributed by atoms with Gasteiger partial charge in [-0.1, -0.05) is 6.07 Å². The summed E-state index contributed by atoms with van der Waals surface area (Å²) in [6.07, 6.45) is 0.828. The van der Waals surface area contributed by atoms with E-state index in [0.29, 0.717) is 11.3 Å². The molecule has 0 amide bonds. The highest BCUT2D eigenvalue weighted by atomic mass is 32.1. The van der Waals surface area contributed by atoms with E-state index in [-0.39, 0.29) is 0 Å². The Balaban J connectivity index is 1.93. The Morgan fingerprint density at radius 3 is 2.41 bits per heavy atom. The minimum Gasteiger partial charge on any atom is -0.497 e. The van der Waals surface area contributed by atoms with Gasteiger partial charge in [-0.25, -0.2) is 0 Å². The van der Waals surface area contributed by atoms with Crippen LogP contribution in [0.3, 0.4) is 0 Å². The van der Waals surface area contributed by atoms with Gasteiger partial charge < -0.3 is 9.47 Å². The lowest BCUT2D eigenvalue weighted by atomic mass is 9.96. The standard InChI is InChI=1S/C23H18O3S/c1-15-11-18-12-20(25-2)7-8-21(18)23(22(15)17-9-10-27-14-17)26-19-5-3-16(13-24)4-6-19/h3-14H,1-2H3. The van der Waals surface area contributed by atoms with E-state index in [1.165, 1.54) is 0 Å². The van der Waals surface area contributed by atoms with Crippen LogP contribution in [0.25, 0.3) is 21.9 Å². The third-order valence-electron chi connectivity index (χ3n) is 4.54. The van der Waals surface area contributed by atoms with Gasteiger partial charge >= 0.3 is 0 Å². The minimum absolute atomic E-state index is 0.624. The van der Waals surface area contributed by atoms with Crippen LogP contribution in [0, 0.1) is 6.92 Å². The molecule has 3 aromatic carbocycles. The molecule has 0 fully saturated rings. The van der Waals surface area contributed by atoms with Crippen molar-refractivity contribution in [3.05, 3.63) is 76.5 Å². The molecule has 4 aromatic rings. The van der Waals surface area contributed by atoms with Crippen LogP contribution < -0.4 is 9.47 Å². The number of rotatable bonds is 5. The lowest BCUT2D eigenvalue weighted by Gasteiger charge is -2.17. The number of carbonyl (C=O) groups is 1. The van der Waals surface area contributed by atoms with Crippen molar-refractivity contribution in [3.8, 4) is 28.4 Å². The quantitative estimate of drug-likeness (QED) is 0.375. The van der Waals surface area contributed by atoms with Crippen LogP contribution in [0.2, 0.25) is 0 Å². The highest BCUT2D eigenvalue weighted by Crippen LogP contribution is 2.43. The van der Waals surface area contributed by atoms with Gasteiger partial charge in [0.2, 0.25) is 0 Å². The molecule has 0 radical (unpaired) electrons. The smallest absolute Gasteiger partial charge is 0.150 e. The number of benzene rings is 3. The molecule has 0 atom stereocenters. The predicted molar refractivity (Wildman–Crippen MR) is 110 cm³/mol. The predicted octanol–water partition coefficient (Wildman–Crippen LogP) is 6.49. The zero-order chi connectivity index (χ0) is 18.8. The molecule has 4 heteroatoms. The average Bonchev–Trinajstić information content (AvgIpc) is 3.22. The molecule has 3 nitrogen and oxygen atoms in total. The number of carbonyl (C=O) groups excluding carboxylic acids is 1. The first kappa shape index (κ1) is 17.3. The van der Waals surface area contributed by atoms with Gasteiger partial charge in [0.05, 0.1) is 7.11 Å². The highest BCUT2D eigenvalue weighted by molar-refractivity contribution is 7.08. The molecule has 0 aliphatic rings. The van der Waals surface area contributed by atoms with Crippen LogP contribution in [0.15, 0.2) is 65.4 Å². The van der Waals surface area contributed by atoms with E-state index in [9.17, 15) is 4.79 Å². The number of methoxy groups -OCH3 is 1. The molecule has 0 N–H and O–H groups in total. The fourth-order valence-corrected chi connectivity index (χ4v) is 3.86. The maximum Gasteiger partial charge on any atom is 0.150 e. The van der Waals surface area contributed by atoms with Crippen molar-refractivity contribution >= 4 is 28.4 Å². The number of ether oxygens (including phenoxy) is 2. The third kappa shape index (κ3) is 3.32. The Bertz CT molecular complexity index is 1100. The number of fused-ring (bicyclic) bond motifs is 1. The van der Waals surface area contributed by atoms with E-state index in [1.54, 1.807) is 30.6 Å². The third-order valence-corrected chi connectivity index (χ3v) is 5.23. The summed E-state index contributed by atoms with van der Waals surface area (Å²) in [6, 6.07) is 17.4. The van der Waals surface area contributed by atoms with Gasteiger partial charge in [0, 0.05) is 16.5 Å². The van der Waals surface area contributed by atoms with Crippen molar-refractivity contribution in [2.45, 2.75) is 6.92 Å². The Kier molecular flexibility index (Phi) is 4.65. The summed E-state index contributed by atoms with van der Waals surface area (Å²) in [6.45, 7) is 2.09. The number of thiophene rings is 1. The first-order valence-electron chi connectivity index (χ1n) is 8.56. The minimum atomic E-state index is 0.624. The lowest BCUT2D eigenvalue weighted by Crippen LogP contribution is -1.94. The van der Waals surface area contributed by atoms with Crippen molar-refractivity contribution < 1.29 is 14.3 Å². The van der Waals surface area contributed by atoms with Crippen LogP contribution in [0.1, 0.15) is 15.9 Å². The SMILES string of the molecule is COc1ccc2c(Oc3ccc(C=O)cc3)c(-c3ccsc3)c(C)cc2c1. The molecule has 0 saturated heterocycles. The number of hydrogen-bond donors (Lipinski definition) is 0. The van der Waals surface area contributed by atoms with Gasteiger partial charge in [0.1, 0.15) is 23.5 Å². The summed E-state index contributed by atoms with van der Waals surface area (Å²) < 4.78 is 11.7. The second-order valence-corrected chi connectivity index (χ2v) is 7.07. The van der Waals surface area contributed by atoms with Crippen LogP contribution in [0.4, 0.5) is 0 Å². The van der Waals surface area contributed by atoms with Crippen LogP contribution in [-0.4, -0.2) is 13.4 Å². The lowest BCUT2D eigenvalue weighted by molar-refractivity contribution is 0.112. The second kappa shape index (κ2) is 7.25. The first-order chi connectivity index (χ1) is 13.2. The molecule has 27 heavy (non-hydrogen) atoms. The number of aldehydes is 1. The largest absolute Gasteiger partial charge is 0.497 e. The van der Waals surface area contributed by atoms with Gasteiger partial charge in [-0.3, -0.25) is 4.79 Å². The summed E-state index contributed by atoms with van der Waals surface area (Å²) in [5.41, 5.74) is 3.97. The summed E-state index contributed by atoms with van der Waals surface area (Å²) >= 11 is 1.66. The molecule has 134 valence electrons. The van der Waals surface area contributed by atoms with E-state index in [2.05, 4.69) is 29.8 Å². The van der Waals surface area contributed by atoms with Gasteiger partial charge in [0.25, 0.3) is 0 Å². The van der Waals surface area contributed by atoms with E-state index < -0.39 is 0 Å². The normalized spacial score (nSPS) is 10.7. The van der Waals surface area contributed by atoms with E-state index in [4.69, 9.17) is 9.47 Å². The zero-order valence-electron chi connectivity index (χ0n) is 15.1. The topological polar surface area (TPSA) is 35.5 Å². The molecular weight excluding hydrogens is 356 g/mol. The Hall–Kier alpha value is -3.11. The van der Waals surface area contributed by atoms with Crippen molar-refractivity contribution in [3.63, 3.8) is 0 Å². The molecule has 0 aliphatic heterocycles. The molecule has 0 bridgehead atoms. The van der Waals surface area contributed by atoms with Crippen molar-refractivity contribution in [1.29, 1.82) is 0 Å². The first-order valence-corrected chi connectivity index (χ1v) is 9.51. The van der Waals surface area contributed by atoms with Gasteiger partial charge in [-0.15, -0.1) is 0 Å². The fourth-order valence-electron chi connectivity index (χ4n) is 3.22. The molecule has 0 spiro atoms. The number of aryl methyl sites for hydroxylation is 1. The van der Waals surface area contributed by atoms with E-state index >= 15 is 0 Å². The van der Waals surface area contributed by atoms with Gasteiger partial charge in [-0.2, -0.15) is 11.3 Å². The summed E-state index contributed by atoms with van der Waals surface area (Å²) in [5.74, 6) is 2.32. The van der Waals surface area contributed by atoms with Crippen molar-refractivity contribution in [1.82, 2.24) is 0 Å². The Morgan fingerprint density at radius 1 is 0.963 bits per heavy atom. The van der Waals surface area contributed by atoms with Crippen molar-refractivity contribution in [2.24, 2.45) is 0 Å². The summed E-state index contributed by atoms with van der Waals surface area (Å²) in [5, 5.41) is 6.27. The summed E-state index contributed by atoms with van der Waals surface area (Å²) in [7, 11) is 1.67. The molecule has 4 rings (SSSR count). The molecule has 1 heterocycles. The maximum atomic E-state index is 10.9. The van der Waals surface area contributed by atoms with Crippen LogP contribution in [-0.2, 0) is 0 Å². The second-order valence-electron chi connectivity index (χ2n) is 6.29.